The zero-order chi connectivity index (χ0) is 13.7. The van der Waals surface area contributed by atoms with E-state index in [2.05, 4.69) is 0 Å². The summed E-state index contributed by atoms with van der Waals surface area (Å²) in [5, 5.41) is 0. The molecule has 0 bridgehead atoms. The van der Waals surface area contributed by atoms with Crippen LogP contribution in [0.4, 0.5) is 0 Å². The molecule has 0 aliphatic rings. The van der Waals surface area contributed by atoms with Crippen molar-refractivity contribution in [2.75, 3.05) is 6.61 Å². The summed E-state index contributed by atoms with van der Waals surface area (Å²) in [6, 6.07) is 10.8. The lowest BCUT2D eigenvalue weighted by Crippen LogP contribution is -2.07. The molecule has 1 aromatic carbocycles. The molecule has 2 rings (SSSR count). The van der Waals surface area contributed by atoms with Gasteiger partial charge in [-0.15, -0.1) is 0 Å². The van der Waals surface area contributed by atoms with Crippen LogP contribution in [0.5, 0.6) is 0 Å². The lowest BCUT2D eigenvalue weighted by molar-refractivity contribution is 0.0526. The maximum atomic E-state index is 11.6. The molecule has 0 saturated carbocycles. The summed E-state index contributed by atoms with van der Waals surface area (Å²) < 4.78 is 6.79. The Balaban J connectivity index is 2.19. The van der Waals surface area contributed by atoms with Gasteiger partial charge in [0.05, 0.1) is 17.9 Å². The molecule has 2 aromatic rings. The lowest BCUT2D eigenvalue weighted by Gasteiger charge is -2.07. The number of nitrogens with zero attached hydrogens (tertiary/aromatic N) is 1. The van der Waals surface area contributed by atoms with Gasteiger partial charge in [-0.1, -0.05) is 12.1 Å². The smallest absolute Gasteiger partial charge is 0.338 e. The summed E-state index contributed by atoms with van der Waals surface area (Å²) in [5.41, 5.74) is 2.09. The normalized spacial score (nSPS) is 10.2. The molecule has 0 atom stereocenters. The van der Waals surface area contributed by atoms with Crippen molar-refractivity contribution in [3.05, 3.63) is 59.4 Å². The Hall–Kier alpha value is -2.36. The van der Waals surface area contributed by atoms with Gasteiger partial charge in [-0.05, 0) is 36.8 Å². The van der Waals surface area contributed by atoms with E-state index in [4.69, 9.17) is 4.74 Å². The van der Waals surface area contributed by atoms with E-state index in [1.807, 2.05) is 29.0 Å². The third kappa shape index (κ3) is 3.10. The van der Waals surface area contributed by atoms with E-state index in [9.17, 15) is 9.59 Å². The number of carbonyl (C=O) groups is 2. The van der Waals surface area contributed by atoms with Crippen LogP contribution in [0.1, 0.15) is 33.3 Å². The van der Waals surface area contributed by atoms with E-state index in [1.54, 1.807) is 25.1 Å². The standard InChI is InChI=1S/C15H15NO3/c1-2-19-15(18)13-6-3-5-12(9-13)10-16-8-4-7-14(16)11-17/h3-9,11H,2,10H2,1H3. The first-order chi connectivity index (χ1) is 9.24. The van der Waals surface area contributed by atoms with Gasteiger partial charge in [0, 0.05) is 12.7 Å². The lowest BCUT2D eigenvalue weighted by atomic mass is 10.1. The molecule has 0 fully saturated rings. The Bertz CT molecular complexity index is 587. The minimum Gasteiger partial charge on any atom is -0.462 e. The molecule has 4 heteroatoms. The Morgan fingerprint density at radius 3 is 2.89 bits per heavy atom. The van der Waals surface area contributed by atoms with Crippen LogP contribution in [0.2, 0.25) is 0 Å². The first kappa shape index (κ1) is 13.1. The molecule has 0 spiro atoms. The van der Waals surface area contributed by atoms with Gasteiger partial charge in [0.1, 0.15) is 0 Å². The summed E-state index contributed by atoms with van der Waals surface area (Å²) >= 11 is 0. The second-order valence-electron chi connectivity index (χ2n) is 4.10. The fraction of sp³-hybridized carbons (Fsp3) is 0.200. The molecule has 1 aromatic heterocycles. The van der Waals surface area contributed by atoms with Crippen molar-refractivity contribution >= 4 is 12.3 Å². The number of carbonyl (C=O) groups excluding carboxylic acids is 2. The second-order valence-corrected chi connectivity index (χ2v) is 4.10. The molecule has 0 N–H and O–H groups in total. The number of benzene rings is 1. The van der Waals surface area contributed by atoms with E-state index < -0.39 is 0 Å². The average molecular weight is 257 g/mol. The van der Waals surface area contributed by atoms with Gasteiger partial charge in [0.2, 0.25) is 0 Å². The molecule has 0 saturated heterocycles. The molecule has 0 aliphatic carbocycles. The number of aromatic nitrogens is 1. The van der Waals surface area contributed by atoms with Gasteiger partial charge in [-0.3, -0.25) is 4.79 Å². The van der Waals surface area contributed by atoms with Crippen LogP contribution in [0.15, 0.2) is 42.6 Å². The van der Waals surface area contributed by atoms with Crippen molar-refractivity contribution in [3.63, 3.8) is 0 Å². The highest BCUT2D eigenvalue weighted by molar-refractivity contribution is 5.89. The molecule has 0 aliphatic heterocycles. The topological polar surface area (TPSA) is 48.3 Å². The van der Waals surface area contributed by atoms with Crippen molar-refractivity contribution in [2.45, 2.75) is 13.5 Å². The van der Waals surface area contributed by atoms with Crippen LogP contribution < -0.4 is 0 Å². The average Bonchev–Trinajstić information content (AvgIpc) is 2.86. The zero-order valence-electron chi connectivity index (χ0n) is 10.7. The highest BCUT2D eigenvalue weighted by Crippen LogP contribution is 2.10. The minimum atomic E-state index is -0.326. The third-order valence-corrected chi connectivity index (χ3v) is 2.78. The Labute approximate surface area is 111 Å². The SMILES string of the molecule is CCOC(=O)c1cccc(Cn2cccc2C=O)c1. The molecule has 1 heterocycles. The fourth-order valence-corrected chi connectivity index (χ4v) is 1.89. The Kier molecular flexibility index (Phi) is 4.13. The number of rotatable bonds is 5. The van der Waals surface area contributed by atoms with Crippen molar-refractivity contribution in [2.24, 2.45) is 0 Å². The first-order valence-corrected chi connectivity index (χ1v) is 6.11. The van der Waals surface area contributed by atoms with Gasteiger partial charge >= 0.3 is 5.97 Å². The van der Waals surface area contributed by atoms with Gasteiger partial charge in [0.25, 0.3) is 0 Å². The maximum Gasteiger partial charge on any atom is 0.338 e. The number of hydrogen-bond acceptors (Lipinski definition) is 3. The van der Waals surface area contributed by atoms with E-state index in [0.717, 1.165) is 11.8 Å². The summed E-state index contributed by atoms with van der Waals surface area (Å²) in [7, 11) is 0. The number of aldehydes is 1. The molecular weight excluding hydrogens is 242 g/mol. The zero-order valence-corrected chi connectivity index (χ0v) is 10.7. The highest BCUT2D eigenvalue weighted by Gasteiger charge is 2.07. The summed E-state index contributed by atoms with van der Waals surface area (Å²) in [4.78, 5) is 22.5. The first-order valence-electron chi connectivity index (χ1n) is 6.11. The highest BCUT2D eigenvalue weighted by atomic mass is 16.5. The van der Waals surface area contributed by atoms with Crippen LogP contribution >= 0.6 is 0 Å². The van der Waals surface area contributed by atoms with Crippen molar-refractivity contribution < 1.29 is 14.3 Å². The Morgan fingerprint density at radius 1 is 1.32 bits per heavy atom. The molecule has 19 heavy (non-hydrogen) atoms. The molecular formula is C15H15NO3. The largest absolute Gasteiger partial charge is 0.462 e. The van der Waals surface area contributed by atoms with Crippen LogP contribution in [-0.2, 0) is 11.3 Å². The van der Waals surface area contributed by atoms with Crippen LogP contribution in [0.3, 0.4) is 0 Å². The quantitative estimate of drug-likeness (QED) is 0.611. The van der Waals surface area contributed by atoms with E-state index in [1.165, 1.54) is 0 Å². The van der Waals surface area contributed by atoms with E-state index >= 15 is 0 Å². The second kappa shape index (κ2) is 6.00. The number of hydrogen-bond donors (Lipinski definition) is 0. The minimum absolute atomic E-state index is 0.326. The van der Waals surface area contributed by atoms with E-state index in [-0.39, 0.29) is 5.97 Å². The number of esters is 1. The Morgan fingerprint density at radius 2 is 2.16 bits per heavy atom. The van der Waals surface area contributed by atoms with Gasteiger partial charge in [-0.2, -0.15) is 0 Å². The monoisotopic (exact) mass is 257 g/mol. The van der Waals surface area contributed by atoms with Crippen molar-refractivity contribution in [3.8, 4) is 0 Å². The van der Waals surface area contributed by atoms with Gasteiger partial charge < -0.3 is 9.30 Å². The molecule has 98 valence electrons. The summed E-state index contributed by atoms with van der Waals surface area (Å²) in [6.45, 7) is 2.68. The molecule has 4 nitrogen and oxygen atoms in total. The molecule has 0 amide bonds. The van der Waals surface area contributed by atoms with E-state index in [0.29, 0.717) is 24.4 Å². The maximum absolute atomic E-state index is 11.6. The predicted molar refractivity (Wildman–Crippen MR) is 71.3 cm³/mol. The van der Waals surface area contributed by atoms with Crippen LogP contribution in [-0.4, -0.2) is 23.4 Å². The third-order valence-electron chi connectivity index (χ3n) is 2.78. The van der Waals surface area contributed by atoms with Crippen LogP contribution in [0, 0.1) is 0 Å². The molecule has 0 unspecified atom stereocenters. The van der Waals surface area contributed by atoms with Crippen molar-refractivity contribution in [1.82, 2.24) is 4.57 Å². The van der Waals surface area contributed by atoms with Crippen LogP contribution in [0.25, 0.3) is 0 Å². The molecule has 0 radical (unpaired) electrons. The van der Waals surface area contributed by atoms with Gasteiger partial charge in [-0.25, -0.2) is 4.79 Å². The summed E-state index contributed by atoms with van der Waals surface area (Å²) in [5.74, 6) is -0.326. The van der Waals surface area contributed by atoms with Crippen molar-refractivity contribution in [1.29, 1.82) is 0 Å². The number of ether oxygens (including phenoxy) is 1. The van der Waals surface area contributed by atoms with Gasteiger partial charge in [0.15, 0.2) is 6.29 Å². The summed E-state index contributed by atoms with van der Waals surface area (Å²) in [6.07, 6.45) is 2.65. The predicted octanol–water partition coefficient (Wildman–Crippen LogP) is 2.53. The fourth-order valence-electron chi connectivity index (χ4n) is 1.89.